The zero-order valence-corrected chi connectivity index (χ0v) is 13.4. The van der Waals surface area contributed by atoms with Crippen LogP contribution in [0.5, 0.6) is 0 Å². The summed E-state index contributed by atoms with van der Waals surface area (Å²) in [5.74, 6) is -1.97. The zero-order chi connectivity index (χ0) is 16.0. The van der Waals surface area contributed by atoms with Crippen LogP contribution in [0.25, 0.3) is 6.08 Å². The van der Waals surface area contributed by atoms with E-state index in [0.29, 0.717) is 10.9 Å². The van der Waals surface area contributed by atoms with Crippen molar-refractivity contribution < 1.29 is 19.1 Å². The van der Waals surface area contributed by atoms with E-state index in [1.165, 1.54) is 18.2 Å². The predicted molar refractivity (Wildman–Crippen MR) is 82.2 cm³/mol. The van der Waals surface area contributed by atoms with Crippen LogP contribution in [0.2, 0.25) is 0 Å². The molecule has 0 spiro atoms. The molecule has 0 saturated heterocycles. The maximum atomic E-state index is 13.5. The van der Waals surface area contributed by atoms with Crippen LogP contribution in [0.4, 0.5) is 4.39 Å². The van der Waals surface area contributed by atoms with Crippen molar-refractivity contribution in [3.8, 4) is 0 Å². The highest BCUT2D eigenvalue weighted by atomic mass is 79.9. The number of aliphatic carboxylic acids is 1. The molecule has 0 fully saturated rings. The summed E-state index contributed by atoms with van der Waals surface area (Å²) in [6.45, 7) is 3.74. The third-order valence-corrected chi connectivity index (χ3v) is 3.19. The summed E-state index contributed by atoms with van der Waals surface area (Å²) >= 11 is 3.21. The number of nitrogens with one attached hydrogen (secondary N) is 1. The van der Waals surface area contributed by atoms with Crippen LogP contribution in [0, 0.1) is 11.7 Å². The first kappa shape index (κ1) is 17.4. The first-order chi connectivity index (χ1) is 9.79. The number of hydrogen-bond acceptors (Lipinski definition) is 2. The van der Waals surface area contributed by atoms with E-state index in [-0.39, 0.29) is 11.5 Å². The van der Waals surface area contributed by atoms with Crippen molar-refractivity contribution in [2.45, 2.75) is 26.3 Å². The molecule has 0 aromatic heterocycles. The van der Waals surface area contributed by atoms with Crippen molar-refractivity contribution in [2.24, 2.45) is 5.92 Å². The Morgan fingerprint density at radius 1 is 1.43 bits per heavy atom. The van der Waals surface area contributed by atoms with E-state index in [2.05, 4.69) is 21.2 Å². The van der Waals surface area contributed by atoms with Gasteiger partial charge in [0.05, 0.1) is 0 Å². The molecule has 114 valence electrons. The van der Waals surface area contributed by atoms with E-state index >= 15 is 0 Å². The Hall–Kier alpha value is -1.69. The fourth-order valence-electron chi connectivity index (χ4n) is 1.72. The van der Waals surface area contributed by atoms with Crippen LogP contribution >= 0.6 is 15.9 Å². The fraction of sp³-hybridized carbons (Fsp3) is 0.333. The van der Waals surface area contributed by atoms with E-state index < -0.39 is 23.7 Å². The van der Waals surface area contributed by atoms with Gasteiger partial charge in [0.1, 0.15) is 11.9 Å². The summed E-state index contributed by atoms with van der Waals surface area (Å²) in [6, 6.07) is 3.41. The Morgan fingerprint density at radius 2 is 2.10 bits per heavy atom. The van der Waals surface area contributed by atoms with Crippen molar-refractivity contribution in [1.29, 1.82) is 0 Å². The molecule has 0 saturated carbocycles. The Morgan fingerprint density at radius 3 is 2.67 bits per heavy atom. The number of rotatable bonds is 6. The van der Waals surface area contributed by atoms with Crippen LogP contribution < -0.4 is 5.32 Å². The molecule has 0 unspecified atom stereocenters. The molecule has 0 heterocycles. The lowest BCUT2D eigenvalue weighted by atomic mass is 10.0. The zero-order valence-electron chi connectivity index (χ0n) is 11.8. The van der Waals surface area contributed by atoms with Gasteiger partial charge in [-0.2, -0.15) is 0 Å². The molecule has 0 bridgehead atoms. The highest BCUT2D eigenvalue weighted by Crippen LogP contribution is 2.16. The number of halogens is 2. The predicted octanol–water partition coefficient (Wildman–Crippen LogP) is 3.22. The molecule has 4 nitrogen and oxygen atoms in total. The van der Waals surface area contributed by atoms with Crippen LogP contribution in [0.1, 0.15) is 25.8 Å². The Balaban J connectivity index is 2.73. The number of carbonyl (C=O) groups excluding carboxylic acids is 1. The van der Waals surface area contributed by atoms with Crippen LogP contribution in [-0.2, 0) is 9.59 Å². The van der Waals surface area contributed by atoms with E-state index in [0.717, 1.165) is 6.08 Å². The van der Waals surface area contributed by atoms with Crippen molar-refractivity contribution in [3.63, 3.8) is 0 Å². The van der Waals surface area contributed by atoms with Gasteiger partial charge in [0, 0.05) is 16.1 Å². The van der Waals surface area contributed by atoms with E-state index in [1.807, 2.05) is 13.8 Å². The van der Waals surface area contributed by atoms with Gasteiger partial charge in [0.15, 0.2) is 0 Å². The van der Waals surface area contributed by atoms with Gasteiger partial charge in [-0.25, -0.2) is 9.18 Å². The molecule has 1 atom stereocenters. The number of hydrogen-bond donors (Lipinski definition) is 2. The van der Waals surface area contributed by atoms with Gasteiger partial charge in [-0.1, -0.05) is 29.8 Å². The van der Waals surface area contributed by atoms with Gasteiger partial charge >= 0.3 is 5.97 Å². The minimum atomic E-state index is -1.08. The third-order valence-electron chi connectivity index (χ3n) is 2.69. The highest BCUT2D eigenvalue weighted by molar-refractivity contribution is 9.10. The standard InChI is InChI=1S/C15H17BrFNO3/c1-9(2)7-13(15(20)21)18-14(19)6-3-10-8-11(16)4-5-12(10)17/h3-6,8-9,13H,7H2,1-2H3,(H,18,19)(H,20,21)/t13-/m1/s1. The molecule has 1 aromatic carbocycles. The number of carboxylic acid groups (broad SMARTS) is 1. The maximum Gasteiger partial charge on any atom is 0.326 e. The number of carbonyl (C=O) groups is 2. The molecule has 6 heteroatoms. The molecule has 1 rings (SSSR count). The first-order valence-electron chi connectivity index (χ1n) is 6.46. The van der Waals surface area contributed by atoms with Crippen molar-refractivity contribution in [3.05, 3.63) is 40.1 Å². The fourth-order valence-corrected chi connectivity index (χ4v) is 2.10. The Bertz CT molecular complexity index is 558. The average Bonchev–Trinajstić information content (AvgIpc) is 2.38. The second-order valence-electron chi connectivity index (χ2n) is 5.03. The lowest BCUT2D eigenvalue weighted by Gasteiger charge is -2.15. The summed E-state index contributed by atoms with van der Waals surface area (Å²) in [5.41, 5.74) is 0.246. The van der Waals surface area contributed by atoms with Crippen molar-refractivity contribution in [2.75, 3.05) is 0 Å². The lowest BCUT2D eigenvalue weighted by Crippen LogP contribution is -2.40. The molecule has 1 aromatic rings. The molecule has 1 amide bonds. The lowest BCUT2D eigenvalue weighted by molar-refractivity contribution is -0.141. The minimum absolute atomic E-state index is 0.137. The first-order valence-corrected chi connectivity index (χ1v) is 7.25. The molecular formula is C15H17BrFNO3. The van der Waals surface area contributed by atoms with Gasteiger partial charge in [-0.15, -0.1) is 0 Å². The van der Waals surface area contributed by atoms with Crippen LogP contribution in [0.3, 0.4) is 0 Å². The summed E-state index contributed by atoms with van der Waals surface area (Å²) < 4.78 is 14.2. The van der Waals surface area contributed by atoms with Gasteiger partial charge in [-0.05, 0) is 36.6 Å². The van der Waals surface area contributed by atoms with Gasteiger partial charge in [0.2, 0.25) is 5.91 Å². The smallest absolute Gasteiger partial charge is 0.326 e. The van der Waals surface area contributed by atoms with Crippen LogP contribution in [0.15, 0.2) is 28.7 Å². The number of amides is 1. The SMILES string of the molecule is CC(C)C[C@@H](NC(=O)C=Cc1cc(Br)ccc1F)C(=O)O. The molecule has 0 radical (unpaired) electrons. The molecular weight excluding hydrogens is 341 g/mol. The Kier molecular flexibility index (Phi) is 6.55. The van der Waals surface area contributed by atoms with Gasteiger partial charge in [-0.3, -0.25) is 4.79 Å². The second kappa shape index (κ2) is 7.93. The number of carboxylic acids is 1. The summed E-state index contributed by atoms with van der Waals surface area (Å²) in [6.07, 6.45) is 2.77. The molecule has 0 aliphatic carbocycles. The minimum Gasteiger partial charge on any atom is -0.480 e. The quantitative estimate of drug-likeness (QED) is 0.768. The average molecular weight is 358 g/mol. The topological polar surface area (TPSA) is 66.4 Å². The van der Waals surface area contributed by atoms with Crippen LogP contribution in [-0.4, -0.2) is 23.0 Å². The van der Waals surface area contributed by atoms with Crippen molar-refractivity contribution >= 4 is 33.9 Å². The molecule has 21 heavy (non-hydrogen) atoms. The largest absolute Gasteiger partial charge is 0.480 e. The summed E-state index contributed by atoms with van der Waals surface area (Å²) in [7, 11) is 0. The molecule has 0 aliphatic rings. The van der Waals surface area contributed by atoms with E-state index in [1.54, 1.807) is 6.07 Å². The normalized spacial score (nSPS) is 12.6. The van der Waals surface area contributed by atoms with E-state index in [9.17, 15) is 14.0 Å². The van der Waals surface area contributed by atoms with Gasteiger partial charge in [0.25, 0.3) is 0 Å². The van der Waals surface area contributed by atoms with Crippen molar-refractivity contribution in [1.82, 2.24) is 5.32 Å². The Labute approximate surface area is 131 Å². The number of benzene rings is 1. The highest BCUT2D eigenvalue weighted by Gasteiger charge is 2.19. The summed E-state index contributed by atoms with van der Waals surface area (Å²) in [4.78, 5) is 22.8. The molecule has 0 aliphatic heterocycles. The molecule has 2 N–H and O–H groups in total. The second-order valence-corrected chi connectivity index (χ2v) is 5.94. The van der Waals surface area contributed by atoms with E-state index in [4.69, 9.17) is 5.11 Å². The summed E-state index contributed by atoms with van der Waals surface area (Å²) in [5, 5.41) is 11.4. The third kappa shape index (κ3) is 6.08. The van der Waals surface area contributed by atoms with Gasteiger partial charge < -0.3 is 10.4 Å². The monoisotopic (exact) mass is 357 g/mol. The maximum absolute atomic E-state index is 13.5.